The lowest BCUT2D eigenvalue weighted by atomic mass is 9.41. The molecule has 0 aromatic rings. The summed E-state index contributed by atoms with van der Waals surface area (Å²) in [5.74, 6) is -3.69. The second-order valence-corrected chi connectivity index (χ2v) is 9.96. The Balaban J connectivity index is 1.57. The maximum Gasteiger partial charge on any atom is 0.318 e. The minimum atomic E-state index is -1.56. The van der Waals surface area contributed by atoms with Crippen LogP contribution in [0.2, 0.25) is 0 Å². The number of esters is 1. The van der Waals surface area contributed by atoms with Gasteiger partial charge >= 0.3 is 5.97 Å². The van der Waals surface area contributed by atoms with Crippen LogP contribution in [0.1, 0.15) is 39.5 Å². The fourth-order valence-corrected chi connectivity index (χ4v) is 7.51. The van der Waals surface area contributed by atoms with Crippen LogP contribution >= 0.6 is 0 Å². The molecule has 2 unspecified atom stereocenters. The number of hydrogen-bond acceptors (Lipinski definition) is 7. The van der Waals surface area contributed by atoms with Crippen LogP contribution in [0.15, 0.2) is 11.6 Å². The van der Waals surface area contributed by atoms with E-state index in [0.29, 0.717) is 25.9 Å². The predicted octanol–water partition coefficient (Wildman–Crippen LogP) is 0.469. The van der Waals surface area contributed by atoms with Crippen molar-refractivity contribution in [1.82, 2.24) is 0 Å². The topological polar surface area (TPSA) is 105 Å². The van der Waals surface area contributed by atoms with E-state index >= 15 is 0 Å². The van der Waals surface area contributed by atoms with Gasteiger partial charge in [0.05, 0.1) is 24.7 Å². The van der Waals surface area contributed by atoms with Crippen molar-refractivity contribution in [3.63, 3.8) is 0 Å². The molecule has 0 radical (unpaired) electrons. The number of aliphatic hydroxyl groups is 3. The smallest absolute Gasteiger partial charge is 0.318 e. The van der Waals surface area contributed by atoms with Crippen molar-refractivity contribution in [2.75, 3.05) is 13.2 Å². The Kier molecular flexibility index (Phi) is 2.78. The molecule has 4 saturated heterocycles. The Labute approximate surface area is 157 Å². The van der Waals surface area contributed by atoms with E-state index in [2.05, 4.69) is 0 Å². The number of ether oxygens (including phenoxy) is 3. The molecule has 27 heavy (non-hydrogen) atoms. The van der Waals surface area contributed by atoms with Crippen molar-refractivity contribution in [2.45, 2.75) is 63.3 Å². The molecule has 6 fully saturated rings. The average Bonchev–Trinajstić information content (AvgIpc) is 3.05. The fraction of sp³-hybridized carbons (Fsp3) is 0.850. The van der Waals surface area contributed by atoms with Crippen molar-refractivity contribution in [2.24, 2.45) is 28.1 Å². The van der Waals surface area contributed by atoms with Crippen LogP contribution in [0.4, 0.5) is 0 Å². The Bertz CT molecular complexity index is 783. The molecule has 7 heteroatoms. The van der Waals surface area contributed by atoms with Gasteiger partial charge in [-0.1, -0.05) is 6.92 Å². The molecule has 3 aliphatic carbocycles. The van der Waals surface area contributed by atoms with Crippen molar-refractivity contribution >= 4 is 5.97 Å². The molecular formula is C20H26O7. The van der Waals surface area contributed by atoms with Gasteiger partial charge in [0.15, 0.2) is 11.6 Å². The van der Waals surface area contributed by atoms with Gasteiger partial charge in [-0.25, -0.2) is 0 Å². The number of hydrogen-bond donors (Lipinski definition) is 3. The average molecular weight is 378 g/mol. The number of carbonyl (C=O) groups is 1. The molecule has 7 nitrogen and oxygen atoms in total. The summed E-state index contributed by atoms with van der Waals surface area (Å²) in [4.78, 5) is 12.9. The van der Waals surface area contributed by atoms with Crippen LogP contribution in [-0.2, 0) is 19.0 Å². The van der Waals surface area contributed by atoms with Crippen molar-refractivity contribution in [3.8, 4) is 0 Å². The molecule has 9 atom stereocenters. The van der Waals surface area contributed by atoms with E-state index in [1.165, 1.54) is 0 Å². The summed E-state index contributed by atoms with van der Waals surface area (Å²) in [5, 5.41) is 33.2. The highest BCUT2D eigenvalue weighted by Crippen LogP contribution is 2.73. The lowest BCUT2D eigenvalue weighted by molar-refractivity contribution is -0.370. The van der Waals surface area contributed by atoms with Crippen LogP contribution in [0.3, 0.4) is 0 Å². The lowest BCUT2D eigenvalue weighted by Gasteiger charge is -2.66. The Morgan fingerprint density at radius 1 is 1.15 bits per heavy atom. The van der Waals surface area contributed by atoms with E-state index in [1.807, 2.05) is 13.0 Å². The lowest BCUT2D eigenvalue weighted by Crippen LogP contribution is -2.73. The number of fused-ring (bicyclic) bond motifs is 5. The quantitative estimate of drug-likeness (QED) is 0.416. The SMILES string of the molecule is C[C@@]12CC[C@@H]3C(=C[C@H]4OC(=O)[C@]5(C)C4C34CC[C@]5(O)OC4)[C@]1(O)OC[C@H]2O. The van der Waals surface area contributed by atoms with Gasteiger partial charge in [-0.05, 0) is 43.8 Å². The van der Waals surface area contributed by atoms with E-state index in [9.17, 15) is 20.1 Å². The Hall–Kier alpha value is -0.990. The van der Waals surface area contributed by atoms with Gasteiger partial charge in [-0.2, -0.15) is 0 Å². The first-order valence-corrected chi connectivity index (χ1v) is 9.96. The first-order valence-electron chi connectivity index (χ1n) is 9.96. The van der Waals surface area contributed by atoms with Crippen LogP contribution in [0, 0.1) is 28.1 Å². The highest BCUT2D eigenvalue weighted by atomic mass is 16.6. The highest BCUT2D eigenvalue weighted by molar-refractivity contribution is 5.82. The molecule has 4 heterocycles. The first kappa shape index (κ1) is 16.9. The zero-order valence-corrected chi connectivity index (χ0v) is 15.6. The van der Waals surface area contributed by atoms with Gasteiger partial charge in [0, 0.05) is 17.8 Å². The van der Waals surface area contributed by atoms with Gasteiger partial charge in [-0.15, -0.1) is 0 Å². The minimum absolute atomic E-state index is 0.0270. The molecule has 2 saturated carbocycles. The summed E-state index contributed by atoms with van der Waals surface area (Å²) in [6, 6.07) is 0. The second-order valence-electron chi connectivity index (χ2n) is 9.96. The number of rotatable bonds is 0. The molecule has 0 amide bonds. The van der Waals surface area contributed by atoms with Crippen LogP contribution in [0.25, 0.3) is 0 Å². The largest absolute Gasteiger partial charge is 0.457 e. The van der Waals surface area contributed by atoms with Gasteiger partial charge in [-0.3, -0.25) is 4.79 Å². The summed E-state index contributed by atoms with van der Waals surface area (Å²) in [7, 11) is 0. The molecule has 2 bridgehead atoms. The van der Waals surface area contributed by atoms with Crippen molar-refractivity contribution in [3.05, 3.63) is 11.6 Å². The molecule has 3 N–H and O–H groups in total. The summed E-state index contributed by atoms with van der Waals surface area (Å²) in [5.41, 5.74) is -1.54. The third-order valence-electron chi connectivity index (χ3n) is 9.27. The molecule has 1 spiro atoms. The van der Waals surface area contributed by atoms with E-state index in [-0.39, 0.29) is 23.9 Å². The van der Waals surface area contributed by atoms with E-state index in [1.54, 1.807) is 6.92 Å². The monoisotopic (exact) mass is 378 g/mol. The van der Waals surface area contributed by atoms with Crippen LogP contribution in [0.5, 0.6) is 0 Å². The van der Waals surface area contributed by atoms with Crippen LogP contribution in [-0.4, -0.2) is 58.3 Å². The van der Waals surface area contributed by atoms with Crippen molar-refractivity contribution < 1.29 is 34.3 Å². The molecule has 0 aromatic heterocycles. The summed E-state index contributed by atoms with van der Waals surface area (Å²) in [6.45, 7) is 4.07. The number of aliphatic hydroxyl groups excluding tert-OH is 1. The van der Waals surface area contributed by atoms with Gasteiger partial charge in [0.1, 0.15) is 11.5 Å². The third-order valence-corrected chi connectivity index (χ3v) is 9.27. The maximum atomic E-state index is 12.9. The molecule has 7 rings (SSSR count). The van der Waals surface area contributed by atoms with E-state index < -0.39 is 40.6 Å². The van der Waals surface area contributed by atoms with E-state index in [4.69, 9.17) is 14.2 Å². The highest BCUT2D eigenvalue weighted by Gasteiger charge is 2.80. The van der Waals surface area contributed by atoms with Gasteiger partial charge in [0.2, 0.25) is 0 Å². The molecular weight excluding hydrogens is 352 g/mol. The summed E-state index contributed by atoms with van der Waals surface area (Å²) in [6.07, 6.45) is 3.09. The maximum absolute atomic E-state index is 12.9. The summed E-state index contributed by atoms with van der Waals surface area (Å²) >= 11 is 0. The summed E-state index contributed by atoms with van der Waals surface area (Å²) < 4.78 is 17.5. The number of carbonyl (C=O) groups excluding carboxylic acids is 1. The zero-order chi connectivity index (χ0) is 19.0. The first-order chi connectivity index (χ1) is 12.6. The van der Waals surface area contributed by atoms with E-state index in [0.717, 1.165) is 12.0 Å². The second kappa shape index (κ2) is 4.44. The van der Waals surface area contributed by atoms with Crippen molar-refractivity contribution in [1.29, 1.82) is 0 Å². The Morgan fingerprint density at radius 2 is 1.93 bits per heavy atom. The minimum Gasteiger partial charge on any atom is -0.457 e. The van der Waals surface area contributed by atoms with Gasteiger partial charge in [0.25, 0.3) is 0 Å². The fourth-order valence-electron chi connectivity index (χ4n) is 7.51. The molecule has 0 aromatic carbocycles. The molecule has 7 aliphatic rings. The normalized spacial score (nSPS) is 63.1. The van der Waals surface area contributed by atoms with Gasteiger partial charge < -0.3 is 29.5 Å². The van der Waals surface area contributed by atoms with Crippen LogP contribution < -0.4 is 0 Å². The third kappa shape index (κ3) is 1.47. The standard InChI is InChI=1S/C20H26O7/c1-16-4-3-10-11(20(16,24)25-8-13(16)21)7-12-14-17(2,15(22)27-12)19(23)6-5-18(10,14)9-26-19/h7,10,12-14,21,23-24H,3-6,8-9H2,1-2H3/t10-,12-,13-,14?,16+,17+,18?,19+,20+/m1/s1. The Morgan fingerprint density at radius 3 is 2.63 bits per heavy atom. The molecule has 148 valence electrons. The predicted molar refractivity (Wildman–Crippen MR) is 89.9 cm³/mol. The zero-order valence-electron chi connectivity index (χ0n) is 15.6. The molecule has 4 aliphatic heterocycles.